The Morgan fingerprint density at radius 3 is 2.75 bits per heavy atom. The molecule has 138 valence electrons. The normalized spacial score (nSPS) is 15.5. The minimum absolute atomic E-state index is 0. The lowest BCUT2D eigenvalue weighted by Crippen LogP contribution is -2.34. The SMILES string of the molecule is CCCC[C@H](C)CN(CCC)c1nc(=S)[nH]c2c1CCN(C)C2.N. The lowest BCUT2D eigenvalue weighted by atomic mass is 10.0. The van der Waals surface area contributed by atoms with E-state index in [1.54, 1.807) is 0 Å². The number of hydrogen-bond donors (Lipinski definition) is 2. The summed E-state index contributed by atoms with van der Waals surface area (Å²) in [7, 11) is 2.16. The van der Waals surface area contributed by atoms with Crippen LogP contribution in [0.2, 0.25) is 0 Å². The Morgan fingerprint density at radius 2 is 2.08 bits per heavy atom. The Hall–Kier alpha value is -0.980. The van der Waals surface area contributed by atoms with Crippen molar-refractivity contribution >= 4 is 18.0 Å². The molecule has 0 unspecified atom stereocenters. The lowest BCUT2D eigenvalue weighted by molar-refractivity contribution is 0.306. The van der Waals surface area contributed by atoms with E-state index in [0.29, 0.717) is 10.7 Å². The molecule has 0 aromatic carbocycles. The van der Waals surface area contributed by atoms with Crippen molar-refractivity contribution in [3.8, 4) is 0 Å². The first-order valence-corrected chi connectivity index (χ1v) is 9.51. The van der Waals surface area contributed by atoms with Crippen LogP contribution in [0, 0.1) is 10.7 Å². The molecule has 24 heavy (non-hydrogen) atoms. The molecule has 0 fully saturated rings. The summed E-state index contributed by atoms with van der Waals surface area (Å²) in [5, 5.41) is 0. The van der Waals surface area contributed by atoms with Gasteiger partial charge in [0.2, 0.25) is 0 Å². The Labute approximate surface area is 152 Å². The molecule has 0 saturated carbocycles. The third kappa shape index (κ3) is 5.53. The van der Waals surface area contributed by atoms with Crippen molar-refractivity contribution in [3.63, 3.8) is 0 Å². The second-order valence-corrected chi connectivity index (χ2v) is 7.39. The van der Waals surface area contributed by atoms with E-state index in [1.165, 1.54) is 30.5 Å². The van der Waals surface area contributed by atoms with E-state index in [2.05, 4.69) is 42.6 Å². The Balaban J connectivity index is 0.00000288. The average Bonchev–Trinajstić information content (AvgIpc) is 2.51. The van der Waals surface area contributed by atoms with Gasteiger partial charge >= 0.3 is 0 Å². The summed E-state index contributed by atoms with van der Waals surface area (Å²) in [5.74, 6) is 1.84. The quantitative estimate of drug-likeness (QED) is 0.681. The van der Waals surface area contributed by atoms with Crippen molar-refractivity contribution in [1.82, 2.24) is 21.0 Å². The molecule has 1 aliphatic rings. The molecule has 1 atom stereocenters. The number of H-pyrrole nitrogens is 1. The second kappa shape index (κ2) is 10.1. The fraction of sp³-hybridized carbons (Fsp3) is 0.778. The third-order valence-electron chi connectivity index (χ3n) is 4.65. The maximum Gasteiger partial charge on any atom is 0.199 e. The number of anilines is 1. The van der Waals surface area contributed by atoms with Crippen LogP contribution in [0.15, 0.2) is 0 Å². The van der Waals surface area contributed by atoms with Gasteiger partial charge in [0.15, 0.2) is 4.77 Å². The zero-order chi connectivity index (χ0) is 16.8. The predicted molar refractivity (Wildman–Crippen MR) is 106 cm³/mol. The first-order valence-electron chi connectivity index (χ1n) is 9.10. The molecule has 0 radical (unpaired) electrons. The highest BCUT2D eigenvalue weighted by Gasteiger charge is 2.22. The highest BCUT2D eigenvalue weighted by Crippen LogP contribution is 2.26. The molecule has 2 rings (SSSR count). The van der Waals surface area contributed by atoms with Gasteiger partial charge < -0.3 is 20.9 Å². The van der Waals surface area contributed by atoms with Gasteiger partial charge in [0.25, 0.3) is 0 Å². The summed E-state index contributed by atoms with van der Waals surface area (Å²) in [6.45, 7) is 11.1. The lowest BCUT2D eigenvalue weighted by Gasteiger charge is -2.32. The van der Waals surface area contributed by atoms with E-state index in [0.717, 1.165) is 44.8 Å². The molecule has 5 nitrogen and oxygen atoms in total. The summed E-state index contributed by atoms with van der Waals surface area (Å²) in [4.78, 5) is 12.9. The molecule has 0 aliphatic carbocycles. The summed E-state index contributed by atoms with van der Waals surface area (Å²) in [5.41, 5.74) is 2.64. The highest BCUT2D eigenvalue weighted by atomic mass is 32.1. The second-order valence-electron chi connectivity index (χ2n) is 7.00. The number of likely N-dealkylation sites (N-methyl/N-ethyl adjacent to an activating group) is 1. The highest BCUT2D eigenvalue weighted by molar-refractivity contribution is 7.71. The molecule has 1 aromatic heterocycles. The zero-order valence-electron chi connectivity index (χ0n) is 15.9. The van der Waals surface area contributed by atoms with E-state index in [-0.39, 0.29) is 6.15 Å². The first kappa shape index (κ1) is 21.1. The van der Waals surface area contributed by atoms with Gasteiger partial charge in [0.1, 0.15) is 5.82 Å². The van der Waals surface area contributed by atoms with Crippen molar-refractivity contribution < 1.29 is 0 Å². The predicted octanol–water partition coefficient (Wildman–Crippen LogP) is 4.33. The number of unbranched alkanes of at least 4 members (excludes halogenated alkanes) is 1. The minimum Gasteiger partial charge on any atom is -0.356 e. The van der Waals surface area contributed by atoms with Crippen LogP contribution < -0.4 is 11.1 Å². The van der Waals surface area contributed by atoms with E-state index in [4.69, 9.17) is 17.2 Å². The number of hydrogen-bond acceptors (Lipinski definition) is 5. The molecule has 4 N–H and O–H groups in total. The number of fused-ring (bicyclic) bond motifs is 1. The minimum atomic E-state index is 0. The van der Waals surface area contributed by atoms with Gasteiger partial charge in [-0.3, -0.25) is 0 Å². The third-order valence-corrected chi connectivity index (χ3v) is 4.84. The van der Waals surface area contributed by atoms with Crippen LogP contribution in [-0.4, -0.2) is 41.5 Å². The Kier molecular flexibility index (Phi) is 8.87. The smallest absolute Gasteiger partial charge is 0.199 e. The van der Waals surface area contributed by atoms with Crippen LogP contribution in [0.4, 0.5) is 5.82 Å². The molecular formula is C18H35N5S. The molecule has 6 heteroatoms. The maximum atomic E-state index is 5.40. The number of rotatable bonds is 8. The standard InChI is InChI=1S/C18H32N4S.H3N/c1-5-7-8-14(3)12-22(10-6-2)17-15-9-11-21(4)13-16(15)19-18(23)20-17;/h14H,5-13H2,1-4H3,(H,19,20,23);1H3/t14-;/m0./s1. The Bertz CT molecular complexity index is 557. The zero-order valence-corrected chi connectivity index (χ0v) is 16.7. The number of nitrogens with one attached hydrogen (secondary N) is 1. The molecule has 1 aromatic rings. The van der Waals surface area contributed by atoms with Crippen LogP contribution in [0.5, 0.6) is 0 Å². The van der Waals surface area contributed by atoms with E-state index < -0.39 is 0 Å². The van der Waals surface area contributed by atoms with Crippen molar-refractivity contribution in [2.24, 2.45) is 5.92 Å². The fourth-order valence-corrected chi connectivity index (χ4v) is 3.63. The number of nitrogens with zero attached hydrogens (tertiary/aromatic N) is 3. The first-order chi connectivity index (χ1) is 11.0. The summed E-state index contributed by atoms with van der Waals surface area (Å²) in [6.07, 6.45) is 6.08. The van der Waals surface area contributed by atoms with Crippen LogP contribution in [0.1, 0.15) is 57.7 Å². The maximum absolute atomic E-state index is 5.40. The van der Waals surface area contributed by atoms with Gasteiger partial charge in [-0.05, 0) is 44.4 Å². The molecular weight excluding hydrogens is 318 g/mol. The number of aromatic nitrogens is 2. The van der Waals surface area contributed by atoms with Crippen molar-refractivity contribution in [3.05, 3.63) is 16.0 Å². The molecule has 1 aliphatic heterocycles. The van der Waals surface area contributed by atoms with Gasteiger partial charge in [-0.1, -0.05) is 33.6 Å². The largest absolute Gasteiger partial charge is 0.356 e. The van der Waals surface area contributed by atoms with Crippen LogP contribution >= 0.6 is 12.2 Å². The average molecular weight is 354 g/mol. The molecule has 0 spiro atoms. The van der Waals surface area contributed by atoms with Crippen LogP contribution in [0.3, 0.4) is 0 Å². The summed E-state index contributed by atoms with van der Waals surface area (Å²) >= 11 is 5.40. The fourth-order valence-electron chi connectivity index (χ4n) is 3.42. The van der Waals surface area contributed by atoms with Gasteiger partial charge in [-0.2, -0.15) is 0 Å². The Morgan fingerprint density at radius 1 is 1.33 bits per heavy atom. The van der Waals surface area contributed by atoms with Crippen LogP contribution in [0.25, 0.3) is 0 Å². The summed E-state index contributed by atoms with van der Waals surface area (Å²) in [6, 6.07) is 0. The number of aromatic amines is 1. The van der Waals surface area contributed by atoms with Crippen molar-refractivity contribution in [1.29, 1.82) is 0 Å². The van der Waals surface area contributed by atoms with Gasteiger partial charge in [-0.15, -0.1) is 0 Å². The molecule has 0 amide bonds. The van der Waals surface area contributed by atoms with Gasteiger partial charge in [0.05, 0.1) is 0 Å². The van der Waals surface area contributed by atoms with Crippen molar-refractivity contribution in [2.45, 2.75) is 59.4 Å². The van der Waals surface area contributed by atoms with Gasteiger partial charge in [-0.25, -0.2) is 4.98 Å². The molecule has 0 bridgehead atoms. The van der Waals surface area contributed by atoms with E-state index in [9.17, 15) is 0 Å². The molecule has 2 heterocycles. The van der Waals surface area contributed by atoms with Crippen LogP contribution in [-0.2, 0) is 13.0 Å². The monoisotopic (exact) mass is 353 g/mol. The van der Waals surface area contributed by atoms with Crippen molar-refractivity contribution in [2.75, 3.05) is 31.6 Å². The van der Waals surface area contributed by atoms with Gasteiger partial charge in [0, 0.05) is 37.4 Å². The van der Waals surface area contributed by atoms with E-state index in [1.807, 2.05) is 0 Å². The summed E-state index contributed by atoms with van der Waals surface area (Å²) < 4.78 is 0.622. The molecule has 0 saturated heterocycles. The van der Waals surface area contributed by atoms with E-state index >= 15 is 0 Å². The topological polar surface area (TPSA) is 70.2 Å².